The first-order valence-electron chi connectivity index (χ1n) is 6.65. The molecule has 0 amide bonds. The summed E-state index contributed by atoms with van der Waals surface area (Å²) in [5, 5.41) is 10.0. The summed E-state index contributed by atoms with van der Waals surface area (Å²) in [5.41, 5.74) is 0.545. The second kappa shape index (κ2) is 6.48. The summed E-state index contributed by atoms with van der Waals surface area (Å²) >= 11 is 1.29. The Hall–Kier alpha value is -0.440. The van der Waals surface area contributed by atoms with Gasteiger partial charge in [0, 0.05) is 5.57 Å². The number of unbranched alkanes of at least 4 members (excludes halogenated alkanes) is 5. The highest BCUT2D eigenvalue weighted by molar-refractivity contribution is 8.15. The molecule has 0 aromatic rings. The van der Waals surface area contributed by atoms with Crippen molar-refractivity contribution in [2.24, 2.45) is 0 Å². The molecule has 17 heavy (non-hydrogen) atoms. The summed E-state index contributed by atoms with van der Waals surface area (Å²) in [6.07, 6.45) is 8.36. The van der Waals surface area contributed by atoms with Gasteiger partial charge >= 0.3 is 0 Å². The highest BCUT2D eigenvalue weighted by atomic mass is 32.2. The molecule has 1 atom stereocenters. The van der Waals surface area contributed by atoms with E-state index in [1.54, 1.807) is 6.92 Å². The maximum Gasteiger partial charge on any atom is 0.219 e. The molecule has 0 fully saturated rings. The van der Waals surface area contributed by atoms with Crippen LogP contribution in [0, 0.1) is 0 Å². The van der Waals surface area contributed by atoms with E-state index in [4.69, 9.17) is 0 Å². The first-order valence-corrected chi connectivity index (χ1v) is 7.46. The lowest BCUT2D eigenvalue weighted by molar-refractivity contribution is -0.107. The molecule has 0 radical (unpaired) electrons. The third-order valence-corrected chi connectivity index (χ3v) is 4.83. The van der Waals surface area contributed by atoms with Crippen LogP contribution in [0.2, 0.25) is 0 Å². The minimum atomic E-state index is -0.355. The number of aliphatic hydroxyl groups is 1. The normalized spacial score (nSPS) is 24.8. The zero-order valence-corrected chi connectivity index (χ0v) is 12.0. The quantitative estimate of drug-likeness (QED) is 0.676. The second-order valence-corrected chi connectivity index (χ2v) is 6.59. The molecular formula is C14H24O2S. The van der Waals surface area contributed by atoms with E-state index in [-0.39, 0.29) is 9.86 Å². The smallest absolute Gasteiger partial charge is 0.219 e. The van der Waals surface area contributed by atoms with Gasteiger partial charge in [0.2, 0.25) is 5.12 Å². The molecule has 1 aliphatic rings. The van der Waals surface area contributed by atoms with E-state index in [0.717, 1.165) is 12.8 Å². The van der Waals surface area contributed by atoms with Crippen LogP contribution >= 0.6 is 11.8 Å². The summed E-state index contributed by atoms with van der Waals surface area (Å²) in [7, 11) is 0. The predicted octanol–water partition coefficient (Wildman–Crippen LogP) is 4.60. The number of rotatable bonds is 7. The topological polar surface area (TPSA) is 37.3 Å². The number of aliphatic hydroxyl groups excluding tert-OH is 1. The van der Waals surface area contributed by atoms with Gasteiger partial charge in [0.15, 0.2) is 0 Å². The Bertz CT molecular complexity index is 309. The van der Waals surface area contributed by atoms with Crippen molar-refractivity contribution in [1.29, 1.82) is 0 Å². The molecule has 3 heteroatoms. The zero-order chi connectivity index (χ0) is 12.9. The molecule has 0 saturated heterocycles. The third-order valence-electron chi connectivity index (χ3n) is 3.49. The van der Waals surface area contributed by atoms with Crippen LogP contribution in [0.1, 0.15) is 65.7 Å². The van der Waals surface area contributed by atoms with Crippen molar-refractivity contribution in [2.75, 3.05) is 0 Å². The first-order chi connectivity index (χ1) is 8.01. The van der Waals surface area contributed by atoms with Crippen LogP contribution in [0.4, 0.5) is 0 Å². The van der Waals surface area contributed by atoms with Crippen LogP contribution in [0.15, 0.2) is 11.3 Å². The van der Waals surface area contributed by atoms with Crippen molar-refractivity contribution in [3.05, 3.63) is 11.3 Å². The summed E-state index contributed by atoms with van der Waals surface area (Å²) in [5.74, 6) is 0.307. The van der Waals surface area contributed by atoms with Gasteiger partial charge in [-0.05, 0) is 20.3 Å². The molecule has 1 unspecified atom stereocenters. The molecule has 0 bridgehead atoms. The Balaban J connectivity index is 2.30. The maximum atomic E-state index is 11.5. The minimum absolute atomic E-state index is 0.0379. The molecular weight excluding hydrogens is 232 g/mol. The van der Waals surface area contributed by atoms with Gasteiger partial charge in [-0.1, -0.05) is 57.2 Å². The molecule has 0 aromatic heterocycles. The van der Waals surface area contributed by atoms with Crippen molar-refractivity contribution in [3.63, 3.8) is 0 Å². The maximum absolute atomic E-state index is 11.5. The standard InChI is InChI=1S/C14H24O2S/c1-4-5-6-7-8-9-10-14(3)12(15)11(2)13(16)17-14/h15H,4-10H2,1-3H3. The van der Waals surface area contributed by atoms with Gasteiger partial charge in [0.1, 0.15) is 5.76 Å². The Labute approximate surface area is 109 Å². The van der Waals surface area contributed by atoms with Crippen molar-refractivity contribution in [3.8, 4) is 0 Å². The predicted molar refractivity (Wildman–Crippen MR) is 74.3 cm³/mol. The summed E-state index contributed by atoms with van der Waals surface area (Å²) in [6.45, 7) is 5.91. The number of hydrogen-bond acceptors (Lipinski definition) is 3. The molecule has 1 aliphatic heterocycles. The molecule has 0 saturated carbocycles. The summed E-state index contributed by atoms with van der Waals surface area (Å²) < 4.78 is -0.355. The van der Waals surface area contributed by atoms with Gasteiger partial charge in [-0.3, -0.25) is 4.79 Å². The number of carbonyl (C=O) groups excluding carboxylic acids is 1. The number of hydrogen-bond donors (Lipinski definition) is 1. The summed E-state index contributed by atoms with van der Waals surface area (Å²) in [4.78, 5) is 11.5. The Morgan fingerprint density at radius 3 is 2.29 bits per heavy atom. The molecule has 2 nitrogen and oxygen atoms in total. The zero-order valence-electron chi connectivity index (χ0n) is 11.2. The third kappa shape index (κ3) is 3.77. The monoisotopic (exact) mass is 256 g/mol. The lowest BCUT2D eigenvalue weighted by Crippen LogP contribution is -2.20. The number of carbonyl (C=O) groups is 1. The van der Waals surface area contributed by atoms with Crippen LogP contribution in [0.3, 0.4) is 0 Å². The second-order valence-electron chi connectivity index (χ2n) is 5.11. The van der Waals surface area contributed by atoms with Gasteiger partial charge in [-0.2, -0.15) is 0 Å². The van der Waals surface area contributed by atoms with Crippen molar-refractivity contribution in [2.45, 2.75) is 70.5 Å². The van der Waals surface area contributed by atoms with Gasteiger partial charge in [0.05, 0.1) is 4.75 Å². The van der Waals surface area contributed by atoms with Crippen molar-refractivity contribution >= 4 is 16.9 Å². The van der Waals surface area contributed by atoms with E-state index in [0.29, 0.717) is 11.3 Å². The Kier molecular flexibility index (Phi) is 5.57. The Morgan fingerprint density at radius 1 is 1.18 bits per heavy atom. The highest BCUT2D eigenvalue weighted by Gasteiger charge is 2.41. The van der Waals surface area contributed by atoms with Crippen molar-refractivity contribution in [1.82, 2.24) is 0 Å². The SMILES string of the molecule is CCCCCCCCC1(C)SC(=O)C(C)=C1O. The first kappa shape index (κ1) is 14.6. The van der Waals surface area contributed by atoms with E-state index >= 15 is 0 Å². The average Bonchev–Trinajstić information content (AvgIpc) is 2.48. The van der Waals surface area contributed by atoms with Crippen LogP contribution in [0.5, 0.6) is 0 Å². The largest absolute Gasteiger partial charge is 0.510 e. The fourth-order valence-corrected chi connectivity index (χ4v) is 3.39. The van der Waals surface area contributed by atoms with Gasteiger partial charge in [0.25, 0.3) is 0 Å². The molecule has 1 rings (SSSR count). The Morgan fingerprint density at radius 2 is 1.76 bits per heavy atom. The van der Waals surface area contributed by atoms with E-state index in [1.165, 1.54) is 43.9 Å². The lowest BCUT2D eigenvalue weighted by Gasteiger charge is -2.22. The molecule has 98 valence electrons. The van der Waals surface area contributed by atoms with Crippen molar-refractivity contribution < 1.29 is 9.90 Å². The highest BCUT2D eigenvalue weighted by Crippen LogP contribution is 2.45. The van der Waals surface area contributed by atoms with E-state index in [1.807, 2.05) is 6.92 Å². The average molecular weight is 256 g/mol. The molecule has 0 aromatic carbocycles. The number of thioether (sulfide) groups is 1. The minimum Gasteiger partial charge on any atom is -0.510 e. The molecule has 1 N–H and O–H groups in total. The molecule has 0 spiro atoms. The van der Waals surface area contributed by atoms with Gasteiger partial charge in [-0.25, -0.2) is 0 Å². The lowest BCUT2D eigenvalue weighted by atomic mass is 9.97. The van der Waals surface area contributed by atoms with E-state index < -0.39 is 0 Å². The van der Waals surface area contributed by atoms with Gasteiger partial charge < -0.3 is 5.11 Å². The van der Waals surface area contributed by atoms with Crippen LogP contribution in [-0.2, 0) is 4.79 Å². The van der Waals surface area contributed by atoms with Crippen LogP contribution in [-0.4, -0.2) is 15.0 Å². The fourth-order valence-electron chi connectivity index (χ4n) is 2.23. The molecule has 1 heterocycles. The van der Waals surface area contributed by atoms with Gasteiger partial charge in [-0.15, -0.1) is 0 Å². The van der Waals surface area contributed by atoms with Crippen LogP contribution in [0.25, 0.3) is 0 Å². The van der Waals surface area contributed by atoms with Crippen LogP contribution < -0.4 is 0 Å². The molecule has 0 aliphatic carbocycles. The van der Waals surface area contributed by atoms with E-state index in [9.17, 15) is 9.90 Å². The summed E-state index contributed by atoms with van der Waals surface area (Å²) in [6, 6.07) is 0. The van der Waals surface area contributed by atoms with E-state index in [2.05, 4.69) is 6.92 Å². The fraction of sp³-hybridized carbons (Fsp3) is 0.786.